The third-order valence-corrected chi connectivity index (χ3v) is 3.23. The van der Waals surface area contributed by atoms with Gasteiger partial charge in [0, 0.05) is 6.04 Å². The van der Waals surface area contributed by atoms with E-state index in [0.29, 0.717) is 13.0 Å². The molecule has 0 saturated carbocycles. The average molecular weight is 249 g/mol. The van der Waals surface area contributed by atoms with Crippen molar-refractivity contribution in [3.63, 3.8) is 0 Å². The van der Waals surface area contributed by atoms with Gasteiger partial charge in [0.2, 0.25) is 0 Å². The van der Waals surface area contributed by atoms with Crippen molar-refractivity contribution in [3.8, 4) is 0 Å². The second-order valence-corrected chi connectivity index (χ2v) is 4.73. The SMILES string of the molecule is NC(CF)CC1=CC=C(C2=CCOCC2)C=CC1. The molecule has 0 bridgehead atoms. The van der Waals surface area contributed by atoms with Gasteiger partial charge in [0.15, 0.2) is 0 Å². The summed E-state index contributed by atoms with van der Waals surface area (Å²) in [6, 6.07) is -0.373. The smallest absolute Gasteiger partial charge is 0.105 e. The minimum absolute atomic E-state index is 0.373. The van der Waals surface area contributed by atoms with Crippen LogP contribution in [0.2, 0.25) is 0 Å². The lowest BCUT2D eigenvalue weighted by molar-refractivity contribution is 0.155. The van der Waals surface area contributed by atoms with Crippen molar-refractivity contribution in [2.24, 2.45) is 5.73 Å². The molecule has 1 unspecified atom stereocenters. The fraction of sp³-hybridized carbons (Fsp3) is 0.467. The quantitative estimate of drug-likeness (QED) is 0.831. The second kappa shape index (κ2) is 6.66. The molecule has 2 nitrogen and oxygen atoms in total. The van der Waals surface area contributed by atoms with E-state index in [0.717, 1.165) is 19.4 Å². The zero-order chi connectivity index (χ0) is 12.8. The lowest BCUT2D eigenvalue weighted by Crippen LogP contribution is -2.22. The molecule has 0 aromatic heterocycles. The third-order valence-electron chi connectivity index (χ3n) is 3.23. The Morgan fingerprint density at radius 2 is 2.28 bits per heavy atom. The molecule has 0 fully saturated rings. The van der Waals surface area contributed by atoms with Crippen molar-refractivity contribution < 1.29 is 9.13 Å². The van der Waals surface area contributed by atoms with Crippen LogP contribution in [0.5, 0.6) is 0 Å². The number of rotatable bonds is 4. The normalized spacial score (nSPS) is 21.8. The maximum absolute atomic E-state index is 12.4. The van der Waals surface area contributed by atoms with Gasteiger partial charge in [-0.3, -0.25) is 0 Å². The number of ether oxygens (including phenoxy) is 1. The first kappa shape index (κ1) is 13.2. The van der Waals surface area contributed by atoms with Crippen LogP contribution in [-0.2, 0) is 4.74 Å². The topological polar surface area (TPSA) is 35.2 Å². The highest BCUT2D eigenvalue weighted by Crippen LogP contribution is 2.23. The van der Waals surface area contributed by atoms with Gasteiger partial charge in [0.25, 0.3) is 0 Å². The molecule has 0 spiro atoms. The lowest BCUT2D eigenvalue weighted by Gasteiger charge is -2.13. The molecular formula is C15H20FNO. The number of alkyl halides is 1. The second-order valence-electron chi connectivity index (χ2n) is 4.73. The first-order valence-corrected chi connectivity index (χ1v) is 6.44. The molecule has 1 aliphatic carbocycles. The molecule has 18 heavy (non-hydrogen) atoms. The Morgan fingerprint density at radius 1 is 1.39 bits per heavy atom. The Labute approximate surface area is 108 Å². The van der Waals surface area contributed by atoms with Crippen LogP contribution in [0.4, 0.5) is 4.39 Å². The van der Waals surface area contributed by atoms with Gasteiger partial charge in [-0.2, -0.15) is 0 Å². The minimum atomic E-state index is -0.458. The zero-order valence-electron chi connectivity index (χ0n) is 10.6. The van der Waals surface area contributed by atoms with Gasteiger partial charge in [0.1, 0.15) is 6.67 Å². The standard InChI is InChI=1S/C15H20FNO/c16-11-15(17)10-12-2-1-3-13(5-4-12)14-6-8-18-9-7-14/h1,3-6,15H,2,7-11,17H2. The van der Waals surface area contributed by atoms with Crippen molar-refractivity contribution in [3.05, 3.63) is 47.1 Å². The van der Waals surface area contributed by atoms with Gasteiger partial charge >= 0.3 is 0 Å². The molecular weight excluding hydrogens is 229 g/mol. The molecule has 0 radical (unpaired) electrons. The summed E-state index contributed by atoms with van der Waals surface area (Å²) >= 11 is 0. The Balaban J connectivity index is 2.07. The van der Waals surface area contributed by atoms with Crippen LogP contribution < -0.4 is 5.73 Å². The predicted molar refractivity (Wildman–Crippen MR) is 72.0 cm³/mol. The maximum atomic E-state index is 12.4. The molecule has 1 heterocycles. The van der Waals surface area contributed by atoms with E-state index in [2.05, 4.69) is 30.4 Å². The number of hydrogen-bond donors (Lipinski definition) is 1. The summed E-state index contributed by atoms with van der Waals surface area (Å²) in [6.07, 6.45) is 13.1. The van der Waals surface area contributed by atoms with Crippen LogP contribution in [0.1, 0.15) is 19.3 Å². The van der Waals surface area contributed by atoms with Crippen LogP contribution in [-0.4, -0.2) is 25.9 Å². The Kier molecular flexibility index (Phi) is 4.90. The minimum Gasteiger partial charge on any atom is -0.377 e. The van der Waals surface area contributed by atoms with Gasteiger partial charge in [-0.15, -0.1) is 0 Å². The van der Waals surface area contributed by atoms with Gasteiger partial charge < -0.3 is 10.5 Å². The fourth-order valence-corrected chi connectivity index (χ4v) is 2.21. The van der Waals surface area contributed by atoms with Crippen LogP contribution in [0.25, 0.3) is 0 Å². The molecule has 2 aliphatic rings. The van der Waals surface area contributed by atoms with Gasteiger partial charge in [-0.05, 0) is 30.4 Å². The maximum Gasteiger partial charge on any atom is 0.105 e. The number of hydrogen-bond acceptors (Lipinski definition) is 2. The Hall–Kier alpha value is -1.19. The van der Waals surface area contributed by atoms with E-state index < -0.39 is 6.67 Å². The van der Waals surface area contributed by atoms with E-state index in [1.165, 1.54) is 16.7 Å². The average Bonchev–Trinajstić information content (AvgIpc) is 2.65. The van der Waals surface area contributed by atoms with Crippen LogP contribution in [0.15, 0.2) is 47.1 Å². The molecule has 1 aliphatic heterocycles. The Bertz CT molecular complexity index is 407. The van der Waals surface area contributed by atoms with Crippen molar-refractivity contribution in [1.82, 2.24) is 0 Å². The number of halogens is 1. The summed E-state index contributed by atoms with van der Waals surface area (Å²) in [7, 11) is 0. The van der Waals surface area contributed by atoms with Crippen molar-refractivity contribution in [2.75, 3.05) is 19.9 Å². The summed E-state index contributed by atoms with van der Waals surface area (Å²) in [4.78, 5) is 0. The van der Waals surface area contributed by atoms with Crippen LogP contribution in [0.3, 0.4) is 0 Å². The molecule has 0 saturated heterocycles. The largest absolute Gasteiger partial charge is 0.377 e. The fourth-order valence-electron chi connectivity index (χ4n) is 2.21. The molecule has 98 valence electrons. The van der Waals surface area contributed by atoms with Gasteiger partial charge in [0.05, 0.1) is 13.2 Å². The van der Waals surface area contributed by atoms with E-state index in [4.69, 9.17) is 10.5 Å². The highest BCUT2D eigenvalue weighted by molar-refractivity contribution is 5.45. The predicted octanol–water partition coefficient (Wildman–Crippen LogP) is 2.83. The molecule has 3 heteroatoms. The van der Waals surface area contributed by atoms with E-state index in [1.54, 1.807) is 0 Å². The van der Waals surface area contributed by atoms with E-state index in [9.17, 15) is 4.39 Å². The van der Waals surface area contributed by atoms with Crippen LogP contribution >= 0.6 is 0 Å². The highest BCUT2D eigenvalue weighted by Gasteiger charge is 2.09. The van der Waals surface area contributed by atoms with Crippen LogP contribution in [0, 0.1) is 0 Å². The third kappa shape index (κ3) is 3.65. The number of allylic oxidation sites excluding steroid dienone is 5. The molecule has 0 aromatic rings. The van der Waals surface area contributed by atoms with E-state index >= 15 is 0 Å². The summed E-state index contributed by atoms with van der Waals surface area (Å²) in [5.41, 5.74) is 9.41. The first-order chi connectivity index (χ1) is 8.79. The van der Waals surface area contributed by atoms with E-state index in [1.807, 2.05) is 0 Å². The molecule has 2 N–H and O–H groups in total. The highest BCUT2D eigenvalue weighted by atomic mass is 19.1. The molecule has 0 amide bonds. The summed E-state index contributed by atoms with van der Waals surface area (Å²) in [6.45, 7) is 1.03. The Morgan fingerprint density at radius 3 is 3.00 bits per heavy atom. The first-order valence-electron chi connectivity index (χ1n) is 6.44. The van der Waals surface area contributed by atoms with E-state index in [-0.39, 0.29) is 6.04 Å². The molecule has 1 atom stereocenters. The summed E-state index contributed by atoms with van der Waals surface area (Å²) in [5, 5.41) is 0. The lowest BCUT2D eigenvalue weighted by atomic mass is 10.0. The molecule has 0 aromatic carbocycles. The summed E-state index contributed by atoms with van der Waals surface area (Å²) in [5.74, 6) is 0. The van der Waals surface area contributed by atoms with Crippen molar-refractivity contribution in [1.29, 1.82) is 0 Å². The van der Waals surface area contributed by atoms with Crippen molar-refractivity contribution >= 4 is 0 Å². The zero-order valence-corrected chi connectivity index (χ0v) is 10.6. The van der Waals surface area contributed by atoms with Gasteiger partial charge in [-0.1, -0.05) is 36.0 Å². The van der Waals surface area contributed by atoms with Gasteiger partial charge in [-0.25, -0.2) is 4.39 Å². The number of nitrogens with two attached hydrogens (primary N) is 1. The van der Waals surface area contributed by atoms with Crippen molar-refractivity contribution in [2.45, 2.75) is 25.3 Å². The summed E-state index contributed by atoms with van der Waals surface area (Å²) < 4.78 is 17.7. The monoisotopic (exact) mass is 249 g/mol. The molecule has 2 rings (SSSR count).